The first-order valence-corrected chi connectivity index (χ1v) is 8.68. The Kier molecular flexibility index (Phi) is 4.68. The van der Waals surface area contributed by atoms with E-state index < -0.39 is 0 Å². The van der Waals surface area contributed by atoms with E-state index in [4.69, 9.17) is 0 Å². The Morgan fingerprint density at radius 3 is 2.87 bits per heavy atom. The Bertz CT molecular complexity index is 595. The average molecular weight is 318 g/mol. The number of likely N-dealkylation sites (tertiary alicyclic amines) is 1. The zero-order valence-corrected chi connectivity index (χ0v) is 14.1. The van der Waals surface area contributed by atoms with Crippen LogP contribution in [0.4, 0.5) is 0 Å². The van der Waals surface area contributed by atoms with Crippen molar-refractivity contribution in [1.29, 1.82) is 0 Å². The summed E-state index contributed by atoms with van der Waals surface area (Å²) >= 11 is 0. The quantitative estimate of drug-likeness (QED) is 0.856. The molecule has 1 aromatic rings. The van der Waals surface area contributed by atoms with E-state index in [0.29, 0.717) is 26.1 Å². The van der Waals surface area contributed by atoms with E-state index in [1.165, 1.54) is 30.5 Å². The summed E-state index contributed by atoms with van der Waals surface area (Å²) in [5, 5.41) is 7.59. The number of carbonyl (C=O) groups is 2. The highest BCUT2D eigenvalue weighted by Crippen LogP contribution is 2.24. The summed E-state index contributed by atoms with van der Waals surface area (Å²) in [6.07, 6.45) is 6.11. The smallest absolute Gasteiger partial charge is 0.228 e. The number of aromatic nitrogens is 2. The van der Waals surface area contributed by atoms with E-state index in [9.17, 15) is 9.59 Å². The van der Waals surface area contributed by atoms with Gasteiger partial charge in [-0.3, -0.25) is 14.7 Å². The fourth-order valence-electron chi connectivity index (χ4n) is 3.71. The molecule has 1 unspecified atom stereocenters. The Balaban J connectivity index is 1.65. The van der Waals surface area contributed by atoms with Crippen LogP contribution in [-0.2, 0) is 29.0 Å². The largest absolute Gasteiger partial charge is 0.342 e. The minimum Gasteiger partial charge on any atom is -0.342 e. The minimum absolute atomic E-state index is 0.0553. The normalized spacial score (nSPS) is 21.2. The lowest BCUT2D eigenvalue weighted by atomic mass is 10.1. The summed E-state index contributed by atoms with van der Waals surface area (Å²) in [5.74, 6) is -0.0578. The zero-order chi connectivity index (χ0) is 16.4. The maximum atomic E-state index is 12.6. The number of carbonyl (C=O) groups excluding carboxylic acids is 2. The number of nitrogens with one attached hydrogen (secondary N) is 1. The summed E-state index contributed by atoms with van der Waals surface area (Å²) in [7, 11) is 1.82. The Labute approximate surface area is 137 Å². The summed E-state index contributed by atoms with van der Waals surface area (Å²) in [6, 6.07) is 0. The van der Waals surface area contributed by atoms with Crippen LogP contribution < -0.4 is 0 Å². The molecule has 1 N–H and O–H groups in total. The Morgan fingerprint density at radius 2 is 2.13 bits per heavy atom. The molecule has 126 valence electrons. The van der Waals surface area contributed by atoms with Gasteiger partial charge in [-0.15, -0.1) is 0 Å². The van der Waals surface area contributed by atoms with Crippen LogP contribution in [0.3, 0.4) is 0 Å². The molecule has 2 aliphatic rings. The third-order valence-corrected chi connectivity index (χ3v) is 5.10. The predicted octanol–water partition coefficient (Wildman–Crippen LogP) is 1.51. The summed E-state index contributed by atoms with van der Waals surface area (Å²) in [4.78, 5) is 27.9. The molecule has 23 heavy (non-hydrogen) atoms. The molecule has 1 fully saturated rings. The van der Waals surface area contributed by atoms with Crippen molar-refractivity contribution in [3.63, 3.8) is 0 Å². The third kappa shape index (κ3) is 3.26. The molecule has 6 nitrogen and oxygen atoms in total. The maximum Gasteiger partial charge on any atom is 0.228 e. The molecule has 1 aliphatic heterocycles. The second kappa shape index (κ2) is 6.72. The number of H-pyrrole nitrogens is 1. The van der Waals surface area contributed by atoms with Gasteiger partial charge in [0.25, 0.3) is 0 Å². The van der Waals surface area contributed by atoms with Crippen molar-refractivity contribution in [3.05, 3.63) is 17.0 Å². The molecule has 2 heterocycles. The van der Waals surface area contributed by atoms with Gasteiger partial charge < -0.3 is 9.80 Å². The third-order valence-electron chi connectivity index (χ3n) is 5.10. The highest BCUT2D eigenvalue weighted by atomic mass is 16.2. The van der Waals surface area contributed by atoms with E-state index in [1.54, 1.807) is 9.80 Å². The van der Waals surface area contributed by atoms with Crippen LogP contribution in [0.2, 0.25) is 0 Å². The summed E-state index contributed by atoms with van der Waals surface area (Å²) in [6.45, 7) is 3.71. The molecule has 0 radical (unpaired) electrons. The molecule has 0 spiro atoms. The highest BCUT2D eigenvalue weighted by Gasteiger charge is 2.35. The van der Waals surface area contributed by atoms with Gasteiger partial charge in [-0.05, 0) is 38.2 Å². The number of hydrogen-bond donors (Lipinski definition) is 1. The Hall–Kier alpha value is -1.85. The molecule has 0 bridgehead atoms. The molecular formula is C17H26N4O2. The van der Waals surface area contributed by atoms with Gasteiger partial charge in [0.1, 0.15) is 0 Å². The number of rotatable bonds is 4. The SMILES string of the molecule is CCN1CC(C(=O)N(C)Cc2n[nH]c3c2CCCCC3)CC1=O. The van der Waals surface area contributed by atoms with Gasteiger partial charge in [0.2, 0.25) is 11.8 Å². The van der Waals surface area contributed by atoms with E-state index in [2.05, 4.69) is 10.2 Å². The van der Waals surface area contributed by atoms with Crippen molar-refractivity contribution >= 4 is 11.8 Å². The highest BCUT2D eigenvalue weighted by molar-refractivity contribution is 5.89. The second-order valence-corrected chi connectivity index (χ2v) is 6.72. The summed E-state index contributed by atoms with van der Waals surface area (Å²) in [5.41, 5.74) is 3.54. The molecule has 3 rings (SSSR count). The van der Waals surface area contributed by atoms with Gasteiger partial charge in [0.05, 0.1) is 18.2 Å². The van der Waals surface area contributed by atoms with Crippen LogP contribution in [0.15, 0.2) is 0 Å². The van der Waals surface area contributed by atoms with Crippen molar-refractivity contribution in [2.24, 2.45) is 5.92 Å². The molecule has 1 aliphatic carbocycles. The van der Waals surface area contributed by atoms with E-state index in [1.807, 2.05) is 14.0 Å². The van der Waals surface area contributed by atoms with Crippen LogP contribution in [0.25, 0.3) is 0 Å². The molecule has 1 saturated heterocycles. The standard InChI is InChI=1S/C17H26N4O2/c1-3-21-10-12(9-16(21)22)17(23)20(2)11-15-13-7-5-4-6-8-14(13)18-19-15/h12H,3-11H2,1-2H3,(H,18,19). The van der Waals surface area contributed by atoms with Crippen LogP contribution >= 0.6 is 0 Å². The fraction of sp³-hybridized carbons (Fsp3) is 0.706. The van der Waals surface area contributed by atoms with Gasteiger partial charge in [0.15, 0.2) is 0 Å². The molecule has 2 amide bonds. The van der Waals surface area contributed by atoms with E-state index in [0.717, 1.165) is 18.5 Å². The van der Waals surface area contributed by atoms with Gasteiger partial charge in [-0.2, -0.15) is 5.10 Å². The average Bonchev–Trinajstić information content (AvgIpc) is 3.01. The van der Waals surface area contributed by atoms with Gasteiger partial charge in [-0.25, -0.2) is 0 Å². The van der Waals surface area contributed by atoms with Crippen molar-refractivity contribution < 1.29 is 9.59 Å². The number of amides is 2. The number of nitrogens with zero attached hydrogens (tertiary/aromatic N) is 3. The van der Waals surface area contributed by atoms with Crippen molar-refractivity contribution in [2.45, 2.75) is 52.0 Å². The first-order chi connectivity index (χ1) is 11.1. The maximum absolute atomic E-state index is 12.6. The number of aromatic amines is 1. The number of fused-ring (bicyclic) bond motifs is 1. The van der Waals surface area contributed by atoms with Crippen molar-refractivity contribution in [1.82, 2.24) is 20.0 Å². The molecule has 1 atom stereocenters. The van der Waals surface area contributed by atoms with Gasteiger partial charge in [0, 0.05) is 32.3 Å². The first-order valence-electron chi connectivity index (χ1n) is 8.68. The molecule has 0 aromatic carbocycles. The van der Waals surface area contributed by atoms with Crippen molar-refractivity contribution in [3.8, 4) is 0 Å². The van der Waals surface area contributed by atoms with E-state index >= 15 is 0 Å². The molecule has 6 heteroatoms. The second-order valence-electron chi connectivity index (χ2n) is 6.72. The molecule has 1 aromatic heterocycles. The molecule has 0 saturated carbocycles. The van der Waals surface area contributed by atoms with Crippen LogP contribution in [0, 0.1) is 5.92 Å². The van der Waals surface area contributed by atoms with E-state index in [-0.39, 0.29) is 17.7 Å². The lowest BCUT2D eigenvalue weighted by Gasteiger charge is -2.21. The minimum atomic E-state index is -0.204. The van der Waals surface area contributed by atoms with Crippen molar-refractivity contribution in [2.75, 3.05) is 20.1 Å². The lowest BCUT2D eigenvalue weighted by Crippen LogP contribution is -2.34. The number of hydrogen-bond acceptors (Lipinski definition) is 3. The fourth-order valence-corrected chi connectivity index (χ4v) is 3.71. The van der Waals surface area contributed by atoms with Crippen LogP contribution in [0.1, 0.15) is 49.6 Å². The number of aryl methyl sites for hydroxylation is 1. The topological polar surface area (TPSA) is 69.3 Å². The lowest BCUT2D eigenvalue weighted by molar-refractivity contribution is -0.135. The molecular weight excluding hydrogens is 292 g/mol. The zero-order valence-electron chi connectivity index (χ0n) is 14.1. The van der Waals surface area contributed by atoms with Crippen LogP contribution in [0.5, 0.6) is 0 Å². The summed E-state index contributed by atoms with van der Waals surface area (Å²) < 4.78 is 0. The predicted molar refractivity (Wildman–Crippen MR) is 86.7 cm³/mol. The van der Waals surface area contributed by atoms with Gasteiger partial charge in [-0.1, -0.05) is 6.42 Å². The first kappa shape index (κ1) is 16.0. The van der Waals surface area contributed by atoms with Gasteiger partial charge >= 0.3 is 0 Å². The van der Waals surface area contributed by atoms with Crippen LogP contribution in [-0.4, -0.2) is 51.9 Å². The Morgan fingerprint density at radius 1 is 1.35 bits per heavy atom. The monoisotopic (exact) mass is 318 g/mol.